The van der Waals surface area contributed by atoms with Crippen LogP contribution in [0.4, 0.5) is 13.9 Å². The summed E-state index contributed by atoms with van der Waals surface area (Å²) in [5.74, 6) is -2.18. The van der Waals surface area contributed by atoms with E-state index in [2.05, 4.69) is 4.98 Å². The van der Waals surface area contributed by atoms with E-state index in [0.717, 1.165) is 27.9 Å². The summed E-state index contributed by atoms with van der Waals surface area (Å²) >= 11 is 7.43. The highest BCUT2D eigenvalue weighted by atomic mass is 35.5. The molecule has 0 fully saturated rings. The number of benzene rings is 2. The second-order valence-electron chi connectivity index (χ2n) is 6.45. The lowest BCUT2D eigenvalue weighted by Gasteiger charge is -2.22. The standard InChI is InChI=1S/C19H18ClF2N3OS/c1-11-8-12(20)9-16-17(11)23-19(27-16)25(7-6-24(2)3)18(26)14-5-4-13(21)10-15(14)22/h4-5,8-10H,6-7H2,1-3H3. The molecule has 142 valence electrons. The van der Waals surface area contributed by atoms with Crippen LogP contribution in [0.1, 0.15) is 15.9 Å². The van der Waals surface area contributed by atoms with Gasteiger partial charge in [0.05, 0.1) is 15.8 Å². The van der Waals surface area contributed by atoms with Gasteiger partial charge in [0.25, 0.3) is 5.91 Å². The molecule has 1 heterocycles. The van der Waals surface area contributed by atoms with E-state index in [-0.39, 0.29) is 5.56 Å². The highest BCUT2D eigenvalue weighted by molar-refractivity contribution is 7.22. The van der Waals surface area contributed by atoms with Crippen LogP contribution in [-0.4, -0.2) is 43.0 Å². The Kier molecular flexibility index (Phi) is 5.74. The minimum absolute atomic E-state index is 0.191. The van der Waals surface area contributed by atoms with Gasteiger partial charge in [0.2, 0.25) is 0 Å². The molecule has 0 aliphatic rings. The van der Waals surface area contributed by atoms with Crippen LogP contribution in [0, 0.1) is 18.6 Å². The van der Waals surface area contributed by atoms with Crippen molar-refractivity contribution in [2.45, 2.75) is 6.92 Å². The second kappa shape index (κ2) is 7.88. The average Bonchev–Trinajstić information content (AvgIpc) is 2.98. The van der Waals surface area contributed by atoms with Gasteiger partial charge < -0.3 is 4.90 Å². The van der Waals surface area contributed by atoms with Crippen molar-refractivity contribution < 1.29 is 13.6 Å². The first kappa shape index (κ1) is 19.7. The predicted octanol–water partition coefficient (Wildman–Crippen LogP) is 4.74. The zero-order valence-electron chi connectivity index (χ0n) is 15.1. The molecule has 2 aromatic carbocycles. The third-order valence-corrected chi connectivity index (χ3v) is 5.29. The largest absolute Gasteiger partial charge is 0.308 e. The number of carbonyl (C=O) groups is 1. The first-order chi connectivity index (χ1) is 12.8. The molecule has 1 amide bonds. The topological polar surface area (TPSA) is 36.4 Å². The molecule has 0 aliphatic carbocycles. The van der Waals surface area contributed by atoms with Crippen molar-refractivity contribution in [3.8, 4) is 0 Å². The molecule has 3 aromatic rings. The van der Waals surface area contributed by atoms with E-state index in [0.29, 0.717) is 29.3 Å². The van der Waals surface area contributed by atoms with Gasteiger partial charge in [-0.1, -0.05) is 22.9 Å². The molecule has 0 bridgehead atoms. The van der Waals surface area contributed by atoms with E-state index in [1.165, 1.54) is 16.2 Å². The summed E-state index contributed by atoms with van der Waals surface area (Å²) in [6.07, 6.45) is 0. The molecule has 0 N–H and O–H groups in total. The van der Waals surface area contributed by atoms with Crippen LogP contribution in [0.2, 0.25) is 5.02 Å². The van der Waals surface area contributed by atoms with Crippen molar-refractivity contribution in [3.05, 3.63) is 58.1 Å². The monoisotopic (exact) mass is 409 g/mol. The fourth-order valence-corrected chi connectivity index (χ4v) is 4.10. The zero-order valence-corrected chi connectivity index (χ0v) is 16.7. The Morgan fingerprint density at radius 3 is 2.59 bits per heavy atom. The number of aromatic nitrogens is 1. The molecular weight excluding hydrogens is 392 g/mol. The van der Waals surface area contributed by atoms with E-state index in [1.54, 1.807) is 12.1 Å². The number of halogens is 3. The predicted molar refractivity (Wildman–Crippen MR) is 106 cm³/mol. The molecule has 1 aromatic heterocycles. The third-order valence-electron chi connectivity index (χ3n) is 4.05. The molecule has 3 rings (SSSR count). The Balaban J connectivity index is 2.05. The van der Waals surface area contributed by atoms with Crippen molar-refractivity contribution in [2.75, 3.05) is 32.1 Å². The molecule has 0 spiro atoms. The molecule has 0 aliphatic heterocycles. The Hall–Kier alpha value is -2.09. The van der Waals surface area contributed by atoms with Gasteiger partial charge >= 0.3 is 0 Å². The molecule has 27 heavy (non-hydrogen) atoms. The SMILES string of the molecule is Cc1cc(Cl)cc2sc(N(CCN(C)C)C(=O)c3ccc(F)cc3F)nc12. The Morgan fingerprint density at radius 1 is 1.19 bits per heavy atom. The molecule has 0 saturated heterocycles. The molecule has 8 heteroatoms. The van der Waals surface area contributed by atoms with Crippen molar-refractivity contribution in [1.29, 1.82) is 0 Å². The number of hydrogen-bond donors (Lipinski definition) is 0. The number of rotatable bonds is 5. The van der Waals surface area contributed by atoms with Gasteiger partial charge in [-0.15, -0.1) is 0 Å². The maximum Gasteiger partial charge on any atom is 0.263 e. The smallest absolute Gasteiger partial charge is 0.263 e. The molecule has 0 radical (unpaired) electrons. The summed E-state index contributed by atoms with van der Waals surface area (Å²) in [4.78, 5) is 20.9. The van der Waals surface area contributed by atoms with Crippen molar-refractivity contribution in [2.24, 2.45) is 0 Å². The summed E-state index contributed by atoms with van der Waals surface area (Å²) in [6.45, 7) is 2.77. The number of aryl methyl sites for hydroxylation is 1. The summed E-state index contributed by atoms with van der Waals surface area (Å²) in [5.41, 5.74) is 1.46. The number of thiazole rings is 1. The normalized spacial score (nSPS) is 11.4. The Labute approximate surface area is 165 Å². The fraction of sp³-hybridized carbons (Fsp3) is 0.263. The lowest BCUT2D eigenvalue weighted by atomic mass is 10.2. The van der Waals surface area contributed by atoms with E-state index in [1.807, 2.05) is 25.9 Å². The van der Waals surface area contributed by atoms with Gasteiger partial charge in [0.1, 0.15) is 11.6 Å². The minimum atomic E-state index is -0.893. The lowest BCUT2D eigenvalue weighted by Crippen LogP contribution is -2.37. The van der Waals surface area contributed by atoms with Crippen molar-refractivity contribution in [1.82, 2.24) is 9.88 Å². The van der Waals surface area contributed by atoms with E-state index in [9.17, 15) is 13.6 Å². The van der Waals surface area contributed by atoms with Crippen molar-refractivity contribution >= 4 is 44.2 Å². The van der Waals surface area contributed by atoms with Gasteiger partial charge in [-0.3, -0.25) is 9.69 Å². The van der Waals surface area contributed by atoms with Crippen LogP contribution in [0.3, 0.4) is 0 Å². The number of carbonyl (C=O) groups excluding carboxylic acids is 1. The Bertz CT molecular complexity index is 1010. The molecule has 4 nitrogen and oxygen atoms in total. The third kappa shape index (κ3) is 4.26. The second-order valence-corrected chi connectivity index (χ2v) is 7.90. The van der Waals surface area contributed by atoms with Gasteiger partial charge in [-0.2, -0.15) is 0 Å². The maximum absolute atomic E-state index is 14.2. The molecule has 0 atom stereocenters. The molecule has 0 unspecified atom stereocenters. The first-order valence-corrected chi connectivity index (χ1v) is 9.44. The van der Waals surface area contributed by atoms with Crippen LogP contribution in [0.5, 0.6) is 0 Å². The lowest BCUT2D eigenvalue weighted by molar-refractivity contribution is 0.0981. The quantitative estimate of drug-likeness (QED) is 0.610. The van der Waals surface area contributed by atoms with Gasteiger partial charge in [-0.05, 0) is 50.8 Å². The summed E-state index contributed by atoms with van der Waals surface area (Å²) in [7, 11) is 3.76. The number of fused-ring (bicyclic) bond motifs is 1. The average molecular weight is 410 g/mol. The van der Waals surface area contributed by atoms with Gasteiger partial charge in [0, 0.05) is 24.2 Å². The highest BCUT2D eigenvalue weighted by Crippen LogP contribution is 2.33. The molecular formula is C19H18ClF2N3OS. The maximum atomic E-state index is 14.2. The number of hydrogen-bond acceptors (Lipinski definition) is 4. The first-order valence-electron chi connectivity index (χ1n) is 8.24. The van der Waals surface area contributed by atoms with Crippen LogP contribution in [0.15, 0.2) is 30.3 Å². The number of nitrogens with zero attached hydrogens (tertiary/aromatic N) is 3. The fourth-order valence-electron chi connectivity index (χ4n) is 2.65. The molecule has 0 saturated carbocycles. The minimum Gasteiger partial charge on any atom is -0.308 e. The Morgan fingerprint density at radius 2 is 1.93 bits per heavy atom. The number of likely N-dealkylation sites (N-methyl/N-ethyl adjacent to an activating group) is 1. The van der Waals surface area contributed by atoms with Gasteiger partial charge in [0.15, 0.2) is 5.13 Å². The van der Waals surface area contributed by atoms with Crippen LogP contribution in [0.25, 0.3) is 10.2 Å². The number of amides is 1. The summed E-state index contributed by atoms with van der Waals surface area (Å²) in [5, 5.41) is 1.04. The van der Waals surface area contributed by atoms with E-state index >= 15 is 0 Å². The van der Waals surface area contributed by atoms with E-state index < -0.39 is 17.5 Å². The highest BCUT2D eigenvalue weighted by Gasteiger charge is 2.24. The summed E-state index contributed by atoms with van der Waals surface area (Å²) < 4.78 is 28.2. The van der Waals surface area contributed by atoms with Crippen LogP contribution < -0.4 is 4.90 Å². The number of anilines is 1. The van der Waals surface area contributed by atoms with E-state index in [4.69, 9.17) is 11.6 Å². The van der Waals surface area contributed by atoms with Crippen LogP contribution in [-0.2, 0) is 0 Å². The van der Waals surface area contributed by atoms with Crippen molar-refractivity contribution in [3.63, 3.8) is 0 Å². The van der Waals surface area contributed by atoms with Gasteiger partial charge in [-0.25, -0.2) is 13.8 Å². The zero-order chi connectivity index (χ0) is 19.7. The summed E-state index contributed by atoms with van der Waals surface area (Å²) in [6, 6.07) is 6.53. The van der Waals surface area contributed by atoms with Crippen LogP contribution >= 0.6 is 22.9 Å².